The van der Waals surface area contributed by atoms with Crippen molar-refractivity contribution in [3.05, 3.63) is 10.6 Å². The largest absolute Gasteiger partial charge is 0.300 e. The Labute approximate surface area is 114 Å². The van der Waals surface area contributed by atoms with Gasteiger partial charge in [-0.2, -0.15) is 5.10 Å². The molecule has 2 rings (SSSR count). The first-order chi connectivity index (χ1) is 8.65. The van der Waals surface area contributed by atoms with E-state index in [0.29, 0.717) is 12.1 Å². The Kier molecular flexibility index (Phi) is 4.56. The third-order valence-corrected chi connectivity index (χ3v) is 4.27. The van der Waals surface area contributed by atoms with Crippen molar-refractivity contribution in [1.82, 2.24) is 19.7 Å². The van der Waals surface area contributed by atoms with Gasteiger partial charge in [-0.05, 0) is 45.6 Å². The van der Waals surface area contributed by atoms with Crippen LogP contribution in [0.25, 0.3) is 0 Å². The molecule has 0 unspecified atom stereocenters. The van der Waals surface area contributed by atoms with Gasteiger partial charge in [0.2, 0.25) is 0 Å². The van der Waals surface area contributed by atoms with Crippen molar-refractivity contribution in [2.45, 2.75) is 57.5 Å². The van der Waals surface area contributed by atoms with Crippen LogP contribution in [0.1, 0.15) is 63.4 Å². The first-order valence-electron chi connectivity index (χ1n) is 6.98. The fourth-order valence-corrected chi connectivity index (χ4v) is 3.31. The molecule has 1 N–H and O–H groups in total. The van der Waals surface area contributed by atoms with E-state index in [1.165, 1.54) is 32.1 Å². The fourth-order valence-electron chi connectivity index (χ4n) is 3.02. The summed E-state index contributed by atoms with van der Waals surface area (Å²) in [5.41, 5.74) is 0. The van der Waals surface area contributed by atoms with Gasteiger partial charge in [-0.1, -0.05) is 26.2 Å². The monoisotopic (exact) mass is 268 g/mol. The van der Waals surface area contributed by atoms with Crippen molar-refractivity contribution >= 4 is 12.2 Å². The van der Waals surface area contributed by atoms with Gasteiger partial charge < -0.3 is 0 Å². The third kappa shape index (κ3) is 2.67. The lowest BCUT2D eigenvalue weighted by Gasteiger charge is -2.28. The van der Waals surface area contributed by atoms with Gasteiger partial charge in [-0.15, -0.1) is 0 Å². The summed E-state index contributed by atoms with van der Waals surface area (Å²) in [6.45, 7) is 2.20. The summed E-state index contributed by atoms with van der Waals surface area (Å²) in [5, 5.41) is 7.48. The lowest BCUT2D eigenvalue weighted by Crippen LogP contribution is -2.25. The molecule has 18 heavy (non-hydrogen) atoms. The van der Waals surface area contributed by atoms with E-state index >= 15 is 0 Å². The molecular formula is C13H24N4S. The highest BCUT2D eigenvalue weighted by molar-refractivity contribution is 7.71. The number of hydrogen-bond acceptors (Lipinski definition) is 3. The second-order valence-electron chi connectivity index (χ2n) is 5.44. The molecule has 1 aliphatic carbocycles. The minimum absolute atomic E-state index is 0.347. The molecule has 5 heteroatoms. The Morgan fingerprint density at radius 3 is 2.61 bits per heavy atom. The molecule has 0 amide bonds. The van der Waals surface area contributed by atoms with Crippen LogP contribution in [0.5, 0.6) is 0 Å². The number of rotatable bonds is 4. The van der Waals surface area contributed by atoms with Gasteiger partial charge in [-0.25, -0.2) is 0 Å². The predicted molar refractivity (Wildman–Crippen MR) is 76.3 cm³/mol. The van der Waals surface area contributed by atoms with E-state index < -0.39 is 0 Å². The van der Waals surface area contributed by atoms with Gasteiger partial charge >= 0.3 is 0 Å². The third-order valence-electron chi connectivity index (χ3n) is 3.98. The Hall–Kier alpha value is -0.680. The zero-order chi connectivity index (χ0) is 13.1. The van der Waals surface area contributed by atoms with E-state index in [-0.39, 0.29) is 0 Å². The quantitative estimate of drug-likeness (QED) is 0.850. The molecule has 0 spiro atoms. The zero-order valence-electron chi connectivity index (χ0n) is 11.6. The number of nitrogens with zero attached hydrogens (tertiary/aromatic N) is 3. The van der Waals surface area contributed by atoms with Crippen LogP contribution >= 0.6 is 12.2 Å². The summed E-state index contributed by atoms with van der Waals surface area (Å²) in [6, 6.07) is 0.897. The van der Waals surface area contributed by atoms with E-state index in [1.54, 1.807) is 0 Å². The average Bonchev–Trinajstić information content (AvgIpc) is 2.73. The first-order valence-corrected chi connectivity index (χ1v) is 7.39. The van der Waals surface area contributed by atoms with Crippen molar-refractivity contribution in [3.8, 4) is 0 Å². The van der Waals surface area contributed by atoms with Gasteiger partial charge in [0.05, 0.1) is 6.04 Å². The van der Waals surface area contributed by atoms with Crippen molar-refractivity contribution in [3.63, 3.8) is 0 Å². The molecule has 0 radical (unpaired) electrons. The highest BCUT2D eigenvalue weighted by atomic mass is 32.1. The van der Waals surface area contributed by atoms with E-state index in [1.807, 2.05) is 0 Å². The number of aromatic amines is 1. The van der Waals surface area contributed by atoms with Gasteiger partial charge in [-0.3, -0.25) is 14.6 Å². The maximum absolute atomic E-state index is 5.43. The van der Waals surface area contributed by atoms with Gasteiger partial charge in [0.25, 0.3) is 0 Å². The average molecular weight is 268 g/mol. The number of aromatic nitrogens is 3. The summed E-state index contributed by atoms with van der Waals surface area (Å²) in [6.07, 6.45) is 7.53. The number of H-pyrrole nitrogens is 1. The number of hydrogen-bond donors (Lipinski definition) is 1. The molecule has 0 aliphatic heterocycles. The highest BCUT2D eigenvalue weighted by Crippen LogP contribution is 2.31. The molecule has 1 atom stereocenters. The molecule has 0 saturated heterocycles. The van der Waals surface area contributed by atoms with E-state index in [0.717, 1.165) is 17.0 Å². The van der Waals surface area contributed by atoms with Crippen LogP contribution in [0.4, 0.5) is 0 Å². The smallest absolute Gasteiger partial charge is 0.195 e. The number of nitrogens with one attached hydrogen (secondary N) is 1. The molecule has 0 aromatic carbocycles. The summed E-state index contributed by atoms with van der Waals surface area (Å²) < 4.78 is 3.07. The lowest BCUT2D eigenvalue weighted by atomic mass is 9.95. The summed E-state index contributed by atoms with van der Waals surface area (Å²) in [4.78, 5) is 2.23. The predicted octanol–water partition coefficient (Wildman–Crippen LogP) is 3.46. The molecule has 1 aliphatic rings. The fraction of sp³-hybridized carbons (Fsp3) is 0.846. The standard InChI is InChI=1S/C13H24N4S/c1-4-11(16(2)3)12-14-15-13(18)17(12)10-8-6-5-7-9-10/h10-11H,4-9H2,1-3H3,(H,15,18)/t11-/m0/s1. The minimum Gasteiger partial charge on any atom is -0.300 e. The molecule has 4 nitrogen and oxygen atoms in total. The van der Waals surface area contributed by atoms with Gasteiger partial charge in [0.15, 0.2) is 4.77 Å². The summed E-state index contributed by atoms with van der Waals surface area (Å²) in [5.74, 6) is 1.11. The summed E-state index contributed by atoms with van der Waals surface area (Å²) in [7, 11) is 4.22. The van der Waals surface area contributed by atoms with E-state index in [9.17, 15) is 0 Å². The van der Waals surface area contributed by atoms with Crippen LogP contribution in [-0.2, 0) is 0 Å². The van der Waals surface area contributed by atoms with Crippen LogP contribution in [-0.4, -0.2) is 33.8 Å². The van der Waals surface area contributed by atoms with Crippen molar-refractivity contribution in [2.24, 2.45) is 0 Å². The van der Waals surface area contributed by atoms with Crippen molar-refractivity contribution in [1.29, 1.82) is 0 Å². The van der Waals surface area contributed by atoms with Crippen LogP contribution in [0, 0.1) is 4.77 Å². The topological polar surface area (TPSA) is 36.9 Å². The molecule has 1 fully saturated rings. The normalized spacial score (nSPS) is 19.3. The van der Waals surface area contributed by atoms with E-state index in [2.05, 4.69) is 40.7 Å². The van der Waals surface area contributed by atoms with Gasteiger partial charge in [0.1, 0.15) is 5.82 Å². The molecule has 1 heterocycles. The second-order valence-corrected chi connectivity index (χ2v) is 5.82. The Morgan fingerprint density at radius 1 is 1.39 bits per heavy atom. The lowest BCUT2D eigenvalue weighted by molar-refractivity contribution is 0.255. The van der Waals surface area contributed by atoms with Crippen LogP contribution in [0.15, 0.2) is 0 Å². The molecular weight excluding hydrogens is 244 g/mol. The maximum atomic E-state index is 5.43. The minimum atomic E-state index is 0.347. The highest BCUT2D eigenvalue weighted by Gasteiger charge is 2.24. The SMILES string of the molecule is CC[C@@H](c1n[nH]c(=S)n1C1CCCCC1)N(C)C. The van der Waals surface area contributed by atoms with Crippen molar-refractivity contribution in [2.75, 3.05) is 14.1 Å². The Morgan fingerprint density at radius 2 is 2.06 bits per heavy atom. The Bertz CT molecular complexity index is 428. The molecule has 1 aromatic rings. The van der Waals surface area contributed by atoms with Crippen LogP contribution in [0.3, 0.4) is 0 Å². The molecule has 1 saturated carbocycles. The molecule has 0 bridgehead atoms. The van der Waals surface area contributed by atoms with Gasteiger partial charge in [0, 0.05) is 6.04 Å². The van der Waals surface area contributed by atoms with Crippen molar-refractivity contribution < 1.29 is 0 Å². The summed E-state index contributed by atoms with van der Waals surface area (Å²) >= 11 is 5.43. The molecule has 1 aromatic heterocycles. The second kappa shape index (κ2) is 5.97. The van der Waals surface area contributed by atoms with Crippen LogP contribution < -0.4 is 0 Å². The zero-order valence-corrected chi connectivity index (χ0v) is 12.5. The molecule has 102 valence electrons. The first kappa shape index (κ1) is 13.7. The van der Waals surface area contributed by atoms with Crippen LogP contribution in [0.2, 0.25) is 0 Å². The Balaban J connectivity index is 2.33. The van der Waals surface area contributed by atoms with E-state index in [4.69, 9.17) is 12.2 Å². The maximum Gasteiger partial charge on any atom is 0.195 e.